The van der Waals surface area contributed by atoms with Crippen LogP contribution in [0.4, 0.5) is 0 Å². The Kier molecular flexibility index (Phi) is 14.2. The van der Waals surface area contributed by atoms with Gasteiger partial charge in [-0.15, -0.1) is 0 Å². The summed E-state index contributed by atoms with van der Waals surface area (Å²) in [6.07, 6.45) is 12.3. The Balaban J connectivity index is 0.000000164. The summed E-state index contributed by atoms with van der Waals surface area (Å²) in [5.74, 6) is -0.350. The Bertz CT molecular complexity index is 2570. The first-order valence-electron chi connectivity index (χ1n) is 22.4. The van der Waals surface area contributed by atoms with Gasteiger partial charge in [-0.2, -0.15) is 0 Å². The van der Waals surface area contributed by atoms with Crippen molar-refractivity contribution in [2.45, 2.75) is 76.0 Å². The molecule has 342 valence electrons. The molecule has 6 aliphatic rings. The molecule has 4 heterocycles. The van der Waals surface area contributed by atoms with E-state index in [1.165, 1.54) is 40.5 Å². The number of hydrogen-bond acceptors (Lipinski definition) is 7. The second-order valence-electron chi connectivity index (χ2n) is 18.4. The number of halogens is 6. The number of piperidine rings is 2. The molecule has 16 heteroatoms. The molecular weight excluding hydrogens is 1130 g/mol. The standard InChI is InChI=1S/C25H25Br2ClN2O3.C24H24Br2ClN3O2/c1-33-25(32)19-11-18(19)24(31)30-6-4-13(5-7-30)22-21-14(9-17(28)10-20(21)27)2-3-15-8-16(26)12-29-23(15)22;25-15-7-14-2-1-13-8-16(27)9-19(26)20(13)21(22(14)29-11-15)12-3-5-30(6-4-12)24(32)18-10-17(18)23(28)31/h8-10,12-13,18-19,22H,2-7,11H2,1H3;7-9,11-12,17-18,21H,1-6,10H2,(H2,28,31)/t18?,19?,22-;17?,18?,21-/m11/s1. The number of esters is 1. The largest absolute Gasteiger partial charge is 0.469 e. The van der Waals surface area contributed by atoms with E-state index in [0.29, 0.717) is 50.9 Å². The number of carbonyl (C=O) groups is 4. The lowest BCUT2D eigenvalue weighted by atomic mass is 9.76. The average Bonchev–Trinajstić information content (AvgIpc) is 4.22. The van der Waals surface area contributed by atoms with E-state index >= 15 is 0 Å². The number of benzene rings is 2. The van der Waals surface area contributed by atoms with Gasteiger partial charge in [-0.1, -0.05) is 55.1 Å². The van der Waals surface area contributed by atoms with Gasteiger partial charge < -0.3 is 20.3 Å². The van der Waals surface area contributed by atoms with Crippen LogP contribution in [-0.4, -0.2) is 76.7 Å². The normalized spacial score (nSPS) is 24.7. The molecule has 4 aliphatic carbocycles. The number of pyridine rings is 2. The van der Waals surface area contributed by atoms with Crippen molar-refractivity contribution in [2.24, 2.45) is 41.2 Å². The van der Waals surface area contributed by atoms with E-state index in [4.69, 9.17) is 43.6 Å². The summed E-state index contributed by atoms with van der Waals surface area (Å²) in [6, 6.07) is 12.5. The first kappa shape index (κ1) is 47.2. The number of carbonyl (C=O) groups excluding carboxylic acids is 4. The summed E-state index contributed by atoms with van der Waals surface area (Å²) in [5, 5.41) is 1.48. The summed E-state index contributed by atoms with van der Waals surface area (Å²) in [4.78, 5) is 62.5. The molecule has 6 atom stereocenters. The Morgan fingerprint density at radius 2 is 1.00 bits per heavy atom. The molecule has 10 nitrogen and oxygen atoms in total. The van der Waals surface area contributed by atoms with Gasteiger partial charge >= 0.3 is 5.97 Å². The summed E-state index contributed by atoms with van der Waals surface area (Å²) in [6.45, 7) is 2.82. The summed E-state index contributed by atoms with van der Waals surface area (Å²) in [5.41, 5.74) is 15.3. The number of primary amides is 1. The molecule has 4 aromatic rings. The van der Waals surface area contributed by atoms with Crippen LogP contribution in [0.5, 0.6) is 0 Å². The molecule has 3 amide bonds. The van der Waals surface area contributed by atoms with Crippen LogP contribution in [0.3, 0.4) is 0 Å². The number of methoxy groups -OCH3 is 1. The van der Waals surface area contributed by atoms with Crippen molar-refractivity contribution in [1.29, 1.82) is 0 Å². The minimum atomic E-state index is -0.356. The Hall–Kier alpha value is -2.88. The van der Waals surface area contributed by atoms with Gasteiger partial charge in [0, 0.05) is 78.3 Å². The molecule has 65 heavy (non-hydrogen) atoms. The van der Waals surface area contributed by atoms with Gasteiger partial charge in [-0.25, -0.2) is 0 Å². The SMILES string of the molecule is COC(=O)C1CC1C(=O)N1CCC([C@H]2c3ncc(Br)cc3CCc3cc(Cl)cc(Br)c32)CC1.NC(=O)C1CC1C(=O)N1CCC([C@H]2c3ncc(Br)cc3CCc3cc(Cl)cc(Br)c32)CC1. The number of nitrogens with zero attached hydrogens (tertiary/aromatic N) is 4. The predicted octanol–water partition coefficient (Wildman–Crippen LogP) is 10.4. The number of hydrogen-bond donors (Lipinski definition) is 1. The van der Waals surface area contributed by atoms with Crippen LogP contribution in [0.15, 0.2) is 66.7 Å². The maximum atomic E-state index is 12.9. The zero-order valence-electron chi connectivity index (χ0n) is 35.8. The quantitative estimate of drug-likeness (QED) is 0.190. The summed E-state index contributed by atoms with van der Waals surface area (Å²) in [7, 11) is 1.38. The smallest absolute Gasteiger partial charge is 0.309 e. The number of rotatable bonds is 6. The second kappa shape index (κ2) is 19.6. The van der Waals surface area contributed by atoms with Gasteiger partial charge in [-0.05, 0) is 178 Å². The van der Waals surface area contributed by atoms with Crippen LogP contribution in [0, 0.1) is 35.5 Å². The molecule has 0 radical (unpaired) electrons. The first-order valence-corrected chi connectivity index (χ1v) is 26.3. The van der Waals surface area contributed by atoms with Crippen LogP contribution >= 0.6 is 86.9 Å². The Morgan fingerprint density at radius 1 is 0.600 bits per heavy atom. The van der Waals surface area contributed by atoms with Crippen molar-refractivity contribution in [3.63, 3.8) is 0 Å². The Morgan fingerprint density at radius 3 is 1.40 bits per heavy atom. The molecule has 0 bridgehead atoms. The van der Waals surface area contributed by atoms with Crippen molar-refractivity contribution in [3.05, 3.63) is 121 Å². The second-order valence-corrected chi connectivity index (χ2v) is 22.8. The van der Waals surface area contributed by atoms with Crippen LogP contribution in [0.1, 0.15) is 95.1 Å². The molecule has 2 aromatic carbocycles. The van der Waals surface area contributed by atoms with E-state index in [9.17, 15) is 19.2 Å². The fourth-order valence-electron chi connectivity index (χ4n) is 11.1. The molecule has 10 rings (SSSR count). The van der Waals surface area contributed by atoms with E-state index in [-0.39, 0.29) is 59.2 Å². The lowest BCUT2D eigenvalue weighted by Crippen LogP contribution is -2.41. The molecule has 2 N–H and O–H groups in total. The number of amides is 3. The lowest BCUT2D eigenvalue weighted by Gasteiger charge is -2.37. The Labute approximate surface area is 423 Å². The maximum Gasteiger partial charge on any atom is 0.309 e. The van der Waals surface area contributed by atoms with Crippen LogP contribution in [0.2, 0.25) is 10.0 Å². The number of fused-ring (bicyclic) bond motifs is 4. The molecule has 4 unspecified atom stereocenters. The number of likely N-dealkylation sites (tertiary alicyclic amines) is 2. The van der Waals surface area contributed by atoms with E-state index in [2.05, 4.69) is 88.0 Å². The van der Waals surface area contributed by atoms with Gasteiger partial charge in [0.25, 0.3) is 0 Å². The zero-order chi connectivity index (χ0) is 45.8. The summed E-state index contributed by atoms with van der Waals surface area (Å²) >= 11 is 27.6. The number of aromatic nitrogens is 2. The maximum absolute atomic E-state index is 12.9. The van der Waals surface area contributed by atoms with E-state index in [1.54, 1.807) is 0 Å². The van der Waals surface area contributed by atoms with E-state index in [1.807, 2.05) is 34.3 Å². The lowest BCUT2D eigenvalue weighted by molar-refractivity contribution is -0.145. The molecular formula is C49H49Br4Cl2N5O5. The number of ether oxygens (including phenoxy) is 1. The van der Waals surface area contributed by atoms with Gasteiger partial charge in [0.1, 0.15) is 0 Å². The fourth-order valence-corrected chi connectivity index (χ4v) is 14.1. The monoisotopic (exact) mass is 1170 g/mol. The first-order chi connectivity index (χ1) is 31.2. The van der Waals surface area contributed by atoms with Gasteiger partial charge in [0.05, 0.1) is 42.2 Å². The minimum absolute atomic E-state index is 0.0870. The van der Waals surface area contributed by atoms with Crippen molar-refractivity contribution in [3.8, 4) is 0 Å². The highest BCUT2D eigenvalue weighted by molar-refractivity contribution is 9.11. The third-order valence-corrected chi connectivity index (χ3v) is 17.2. The molecule has 2 aliphatic heterocycles. The molecule has 2 saturated heterocycles. The third kappa shape index (κ3) is 9.87. The van der Waals surface area contributed by atoms with Gasteiger partial charge in [0.2, 0.25) is 17.7 Å². The van der Waals surface area contributed by atoms with Crippen molar-refractivity contribution < 1.29 is 23.9 Å². The van der Waals surface area contributed by atoms with Crippen molar-refractivity contribution in [2.75, 3.05) is 33.3 Å². The van der Waals surface area contributed by atoms with Crippen LogP contribution in [-0.2, 0) is 49.6 Å². The van der Waals surface area contributed by atoms with E-state index < -0.39 is 0 Å². The van der Waals surface area contributed by atoms with Crippen molar-refractivity contribution >= 4 is 111 Å². The van der Waals surface area contributed by atoms with E-state index in [0.717, 1.165) is 90.7 Å². The predicted molar refractivity (Wildman–Crippen MR) is 264 cm³/mol. The zero-order valence-corrected chi connectivity index (χ0v) is 43.7. The van der Waals surface area contributed by atoms with Crippen LogP contribution in [0.25, 0.3) is 0 Å². The molecule has 0 spiro atoms. The van der Waals surface area contributed by atoms with Gasteiger partial charge in [-0.3, -0.25) is 29.1 Å². The number of nitrogens with two attached hydrogens (primary N) is 1. The van der Waals surface area contributed by atoms with Crippen molar-refractivity contribution in [1.82, 2.24) is 19.8 Å². The highest BCUT2D eigenvalue weighted by Crippen LogP contribution is 2.49. The minimum Gasteiger partial charge on any atom is -0.469 e. The van der Waals surface area contributed by atoms with Crippen LogP contribution < -0.4 is 5.73 Å². The number of aryl methyl sites for hydroxylation is 4. The summed E-state index contributed by atoms with van der Waals surface area (Å²) < 4.78 is 8.86. The van der Waals surface area contributed by atoms with Gasteiger partial charge in [0.15, 0.2) is 0 Å². The molecule has 2 saturated carbocycles. The average molecular weight is 1180 g/mol. The third-order valence-electron chi connectivity index (χ3n) is 14.6. The molecule has 4 fully saturated rings. The topological polar surface area (TPSA) is 136 Å². The highest BCUT2D eigenvalue weighted by Gasteiger charge is 2.51. The molecule has 2 aromatic heterocycles. The highest BCUT2D eigenvalue weighted by atomic mass is 79.9. The fraction of sp³-hybridized carbons (Fsp3) is 0.469.